The van der Waals surface area contributed by atoms with Gasteiger partial charge in [0.15, 0.2) is 15.4 Å². The van der Waals surface area contributed by atoms with Crippen LogP contribution in [0.1, 0.15) is 13.8 Å². The first-order valence-corrected chi connectivity index (χ1v) is 10.8. The summed E-state index contributed by atoms with van der Waals surface area (Å²) in [5.74, 6) is 1.68. The van der Waals surface area contributed by atoms with Crippen molar-refractivity contribution in [2.75, 3.05) is 23.8 Å². The Labute approximate surface area is 175 Å². The number of nitrogens with one attached hydrogen (secondary N) is 2. The van der Waals surface area contributed by atoms with Crippen LogP contribution in [-0.2, 0) is 0 Å². The molecule has 2 aromatic heterocycles. The maximum Gasteiger partial charge on any atom is 0.190 e. The third-order valence-corrected chi connectivity index (χ3v) is 5.85. The van der Waals surface area contributed by atoms with Crippen molar-refractivity contribution in [3.63, 3.8) is 0 Å². The van der Waals surface area contributed by atoms with Gasteiger partial charge in [0, 0.05) is 0 Å². The summed E-state index contributed by atoms with van der Waals surface area (Å²) in [6.07, 6.45) is 0. The van der Waals surface area contributed by atoms with Gasteiger partial charge in [-0.2, -0.15) is 0 Å². The fraction of sp³-hybridized carbons (Fsp3) is 0.211. The smallest absolute Gasteiger partial charge is 0.190 e. The molecule has 0 bridgehead atoms. The fourth-order valence-corrected chi connectivity index (χ4v) is 4.78. The molecule has 0 aliphatic heterocycles. The van der Waals surface area contributed by atoms with E-state index in [1.165, 1.54) is 22.7 Å². The van der Waals surface area contributed by atoms with E-state index in [1.54, 1.807) is 0 Å². The minimum Gasteiger partial charge on any atom is -0.494 e. The van der Waals surface area contributed by atoms with Crippen LogP contribution in [0.3, 0.4) is 0 Å². The lowest BCUT2D eigenvalue weighted by atomic mass is 10.3. The van der Waals surface area contributed by atoms with E-state index in [1.807, 2.05) is 50.2 Å². The first-order chi connectivity index (χ1) is 13.6. The lowest BCUT2D eigenvalue weighted by molar-refractivity contribution is 0.340. The van der Waals surface area contributed by atoms with Crippen LogP contribution < -0.4 is 20.1 Å². The summed E-state index contributed by atoms with van der Waals surface area (Å²) < 4.78 is 13.2. The molecule has 0 amide bonds. The molecule has 0 radical (unpaired) electrons. The molecule has 4 rings (SSSR count). The molecule has 0 saturated carbocycles. The molecule has 0 saturated heterocycles. The Morgan fingerprint density at radius 1 is 0.857 bits per heavy atom. The molecule has 28 heavy (non-hydrogen) atoms. The van der Waals surface area contributed by atoms with E-state index in [0.717, 1.165) is 42.2 Å². The summed E-state index contributed by atoms with van der Waals surface area (Å²) in [6, 6.07) is 11.7. The van der Waals surface area contributed by atoms with Crippen molar-refractivity contribution in [1.82, 2.24) is 9.97 Å². The van der Waals surface area contributed by atoms with Crippen LogP contribution in [0.5, 0.6) is 11.5 Å². The molecule has 0 aliphatic rings. The van der Waals surface area contributed by atoms with Crippen LogP contribution in [0.4, 0.5) is 10.3 Å². The van der Waals surface area contributed by atoms with E-state index in [4.69, 9.17) is 21.7 Å². The Balaban J connectivity index is 1.46. The van der Waals surface area contributed by atoms with Gasteiger partial charge in [0.25, 0.3) is 0 Å². The van der Waals surface area contributed by atoms with Crippen molar-refractivity contribution in [1.29, 1.82) is 0 Å². The predicted molar refractivity (Wildman–Crippen MR) is 121 cm³/mol. The van der Waals surface area contributed by atoms with Crippen molar-refractivity contribution in [3.05, 3.63) is 36.4 Å². The zero-order valence-corrected chi connectivity index (χ0v) is 17.8. The fourth-order valence-electron chi connectivity index (χ4n) is 2.66. The van der Waals surface area contributed by atoms with Crippen LogP contribution in [0, 0.1) is 0 Å². The number of thiocarbonyl (C=S) groups is 1. The Bertz CT molecular complexity index is 1050. The van der Waals surface area contributed by atoms with Gasteiger partial charge in [-0.3, -0.25) is 0 Å². The summed E-state index contributed by atoms with van der Waals surface area (Å²) in [5, 5.41) is 8.17. The van der Waals surface area contributed by atoms with Gasteiger partial charge in [0.2, 0.25) is 0 Å². The number of rotatable bonds is 6. The molecular weight excluding hydrogens is 412 g/mol. The Morgan fingerprint density at radius 2 is 1.32 bits per heavy atom. The average Bonchev–Trinajstić information content (AvgIpc) is 3.24. The van der Waals surface area contributed by atoms with Gasteiger partial charge in [-0.15, -0.1) is 0 Å². The van der Waals surface area contributed by atoms with E-state index in [9.17, 15) is 0 Å². The summed E-state index contributed by atoms with van der Waals surface area (Å²) in [6.45, 7) is 5.20. The summed E-state index contributed by atoms with van der Waals surface area (Å²) in [4.78, 5) is 9.12. The maximum atomic E-state index is 5.54. The zero-order chi connectivity index (χ0) is 19.5. The van der Waals surface area contributed by atoms with Crippen LogP contribution >= 0.6 is 34.9 Å². The normalized spacial score (nSPS) is 10.9. The van der Waals surface area contributed by atoms with Gasteiger partial charge in [0.1, 0.15) is 11.5 Å². The molecule has 2 heterocycles. The molecule has 0 fully saturated rings. The molecule has 0 unspecified atom stereocenters. The van der Waals surface area contributed by atoms with Gasteiger partial charge in [-0.05, 0) is 62.5 Å². The lowest BCUT2D eigenvalue weighted by Crippen LogP contribution is -2.18. The van der Waals surface area contributed by atoms with Gasteiger partial charge >= 0.3 is 0 Å². The molecule has 4 aromatic rings. The largest absolute Gasteiger partial charge is 0.494 e. The molecule has 0 aliphatic carbocycles. The molecule has 6 nitrogen and oxygen atoms in total. The van der Waals surface area contributed by atoms with Crippen LogP contribution in [0.15, 0.2) is 36.4 Å². The number of hydrogen-bond donors (Lipinski definition) is 2. The van der Waals surface area contributed by atoms with Crippen molar-refractivity contribution in [2.45, 2.75) is 13.8 Å². The monoisotopic (exact) mass is 430 g/mol. The number of anilines is 2. The van der Waals surface area contributed by atoms with Crippen LogP contribution in [-0.4, -0.2) is 28.3 Å². The maximum absolute atomic E-state index is 5.54. The number of fused-ring (bicyclic) bond motifs is 2. The number of thiazole rings is 2. The molecule has 2 N–H and O–H groups in total. The molecule has 0 spiro atoms. The topological polar surface area (TPSA) is 68.3 Å². The molecule has 144 valence electrons. The minimum absolute atomic E-state index is 0.452. The first kappa shape index (κ1) is 18.9. The number of hydrogen-bond acceptors (Lipinski definition) is 7. The molecular formula is C19H18N4O2S3. The van der Waals surface area contributed by atoms with E-state index >= 15 is 0 Å². The van der Waals surface area contributed by atoms with Gasteiger partial charge in [-0.1, -0.05) is 22.7 Å². The second kappa shape index (κ2) is 8.26. The number of ether oxygens (including phenoxy) is 2. The quantitative estimate of drug-likeness (QED) is 0.391. The average molecular weight is 431 g/mol. The molecule has 9 heteroatoms. The van der Waals surface area contributed by atoms with Crippen molar-refractivity contribution in [3.8, 4) is 11.5 Å². The Hall–Kier alpha value is -2.49. The van der Waals surface area contributed by atoms with Crippen molar-refractivity contribution in [2.24, 2.45) is 0 Å². The van der Waals surface area contributed by atoms with Crippen LogP contribution in [0.2, 0.25) is 0 Å². The SMILES string of the molecule is CCOc1ccc2nc(NC(=S)Nc3nc4ccc(OCC)cc4s3)sc2c1. The van der Waals surface area contributed by atoms with E-state index in [2.05, 4.69) is 20.6 Å². The summed E-state index contributed by atoms with van der Waals surface area (Å²) in [5.41, 5.74) is 1.81. The number of benzene rings is 2. The number of nitrogens with zero attached hydrogens (tertiary/aromatic N) is 2. The Kier molecular flexibility index (Phi) is 5.56. The van der Waals surface area contributed by atoms with Crippen molar-refractivity contribution < 1.29 is 9.47 Å². The molecule has 2 aromatic carbocycles. The highest BCUT2D eigenvalue weighted by Gasteiger charge is 2.10. The third-order valence-electron chi connectivity index (χ3n) is 3.78. The lowest BCUT2D eigenvalue weighted by Gasteiger charge is -2.04. The summed E-state index contributed by atoms with van der Waals surface area (Å²) >= 11 is 8.47. The first-order valence-electron chi connectivity index (χ1n) is 8.79. The second-order valence-electron chi connectivity index (χ2n) is 5.74. The standard InChI is InChI=1S/C19H18N4O2S3/c1-3-24-11-5-7-13-15(9-11)27-18(20-13)22-17(26)23-19-21-14-8-6-12(25-4-2)10-16(14)28-19/h5-10H,3-4H2,1-2H3,(H2,20,21,22,23,26). The van der Waals surface area contributed by atoms with E-state index < -0.39 is 0 Å². The highest BCUT2D eigenvalue weighted by atomic mass is 32.1. The van der Waals surface area contributed by atoms with Crippen LogP contribution in [0.25, 0.3) is 20.4 Å². The Morgan fingerprint density at radius 3 is 1.75 bits per heavy atom. The van der Waals surface area contributed by atoms with Gasteiger partial charge in [0.05, 0.1) is 33.6 Å². The minimum atomic E-state index is 0.452. The van der Waals surface area contributed by atoms with E-state index in [0.29, 0.717) is 18.3 Å². The van der Waals surface area contributed by atoms with Gasteiger partial charge in [-0.25, -0.2) is 9.97 Å². The van der Waals surface area contributed by atoms with Gasteiger partial charge < -0.3 is 20.1 Å². The zero-order valence-electron chi connectivity index (χ0n) is 15.3. The molecule has 0 atom stereocenters. The highest BCUT2D eigenvalue weighted by Crippen LogP contribution is 2.31. The third kappa shape index (κ3) is 4.16. The van der Waals surface area contributed by atoms with E-state index in [-0.39, 0.29) is 0 Å². The summed E-state index contributed by atoms with van der Waals surface area (Å²) in [7, 11) is 0. The van der Waals surface area contributed by atoms with Crippen molar-refractivity contribution >= 4 is 70.7 Å². The second-order valence-corrected chi connectivity index (χ2v) is 8.21. The predicted octanol–water partition coefficient (Wildman–Crippen LogP) is 5.51. The number of aromatic nitrogens is 2. The highest BCUT2D eigenvalue weighted by molar-refractivity contribution is 7.80.